The second-order valence-electron chi connectivity index (χ2n) is 10.8. The van der Waals surface area contributed by atoms with E-state index in [4.69, 9.17) is 14.2 Å². The number of fused-ring (bicyclic) bond motifs is 2. The van der Waals surface area contributed by atoms with E-state index >= 15 is 4.39 Å². The fourth-order valence-electron chi connectivity index (χ4n) is 5.77. The van der Waals surface area contributed by atoms with Crippen LogP contribution in [0.4, 0.5) is 22.0 Å². The van der Waals surface area contributed by atoms with Gasteiger partial charge < -0.3 is 24.2 Å². The van der Waals surface area contributed by atoms with E-state index in [9.17, 15) is 22.4 Å². The molecule has 0 unspecified atom stereocenters. The minimum atomic E-state index is -3.19. The summed E-state index contributed by atoms with van der Waals surface area (Å²) in [4.78, 5) is 22.0. The summed E-state index contributed by atoms with van der Waals surface area (Å²) in [6.07, 6.45) is 0.857. The average molecular weight is 626 g/mol. The molecular formula is C33H28F5N3O4. The number of rotatable bonds is 9. The molecule has 0 saturated heterocycles. The maximum atomic E-state index is 15.1. The van der Waals surface area contributed by atoms with Gasteiger partial charge in [0.15, 0.2) is 11.6 Å². The Bertz CT molecular complexity index is 1900. The summed E-state index contributed by atoms with van der Waals surface area (Å²) in [7, 11) is 0. The van der Waals surface area contributed by atoms with Crippen molar-refractivity contribution in [2.45, 2.75) is 45.0 Å². The third-order valence-electron chi connectivity index (χ3n) is 8.11. The highest BCUT2D eigenvalue weighted by atomic mass is 19.3. The van der Waals surface area contributed by atoms with Crippen LogP contribution in [0, 0.1) is 17.5 Å². The van der Waals surface area contributed by atoms with Crippen molar-refractivity contribution in [1.82, 2.24) is 15.0 Å². The normalized spacial score (nSPS) is 16.1. The zero-order chi connectivity index (χ0) is 31.9. The van der Waals surface area contributed by atoms with Crippen molar-refractivity contribution >= 4 is 16.9 Å². The van der Waals surface area contributed by atoms with Crippen LogP contribution in [-0.2, 0) is 21.4 Å². The van der Waals surface area contributed by atoms with E-state index in [0.29, 0.717) is 37.5 Å². The molecule has 3 heterocycles. The van der Waals surface area contributed by atoms with Crippen LogP contribution in [0.1, 0.15) is 55.5 Å². The summed E-state index contributed by atoms with van der Waals surface area (Å²) < 4.78 is 89.4. The highest BCUT2D eigenvalue weighted by Gasteiger charge is 2.38. The molecule has 2 aromatic heterocycles. The number of aromatic nitrogens is 3. The van der Waals surface area contributed by atoms with Gasteiger partial charge in [0.2, 0.25) is 5.82 Å². The SMILES string of the molecule is CCOC(=O)CCc1cccc2c1OCC[C@]2(C)c1c[nH]c(-c2cc(Oc3c(F)c(F)c4[nH]ccc4c3C(F)F)ccc2F)n1. The monoisotopic (exact) mass is 625 g/mol. The van der Waals surface area contributed by atoms with Crippen molar-refractivity contribution in [3.05, 3.63) is 94.7 Å². The van der Waals surface area contributed by atoms with Crippen LogP contribution in [0.15, 0.2) is 54.9 Å². The summed E-state index contributed by atoms with van der Waals surface area (Å²) >= 11 is 0. The van der Waals surface area contributed by atoms with Gasteiger partial charge in [0.25, 0.3) is 6.43 Å². The molecule has 1 atom stereocenters. The van der Waals surface area contributed by atoms with Crippen LogP contribution in [0.5, 0.6) is 17.2 Å². The summed E-state index contributed by atoms with van der Waals surface area (Å²) in [5, 5.41) is -0.231. The molecule has 0 saturated carbocycles. The number of imidazole rings is 1. The van der Waals surface area contributed by atoms with Crippen LogP contribution in [0.3, 0.4) is 0 Å². The largest absolute Gasteiger partial charge is 0.493 e. The lowest BCUT2D eigenvalue weighted by atomic mass is 9.74. The van der Waals surface area contributed by atoms with E-state index in [-0.39, 0.29) is 34.9 Å². The topological polar surface area (TPSA) is 89.2 Å². The quantitative estimate of drug-likeness (QED) is 0.127. The number of para-hydroxylation sites is 1. The number of nitrogens with zero attached hydrogens (tertiary/aromatic N) is 1. The Morgan fingerprint density at radius 2 is 1.93 bits per heavy atom. The van der Waals surface area contributed by atoms with Crippen molar-refractivity contribution in [2.75, 3.05) is 13.2 Å². The second-order valence-corrected chi connectivity index (χ2v) is 10.8. The number of esters is 1. The molecule has 7 nitrogen and oxygen atoms in total. The van der Waals surface area contributed by atoms with Crippen LogP contribution in [0.25, 0.3) is 22.3 Å². The lowest BCUT2D eigenvalue weighted by Crippen LogP contribution is -2.32. The number of alkyl halides is 2. The highest BCUT2D eigenvalue weighted by Crippen LogP contribution is 2.46. The molecule has 3 aromatic carbocycles. The first-order valence-electron chi connectivity index (χ1n) is 14.3. The molecule has 0 spiro atoms. The van der Waals surface area contributed by atoms with E-state index in [1.54, 1.807) is 13.1 Å². The van der Waals surface area contributed by atoms with E-state index in [1.165, 1.54) is 18.3 Å². The van der Waals surface area contributed by atoms with Gasteiger partial charge >= 0.3 is 5.97 Å². The Morgan fingerprint density at radius 3 is 2.71 bits per heavy atom. The number of ether oxygens (including phenoxy) is 3. The van der Waals surface area contributed by atoms with Crippen LogP contribution in [0.2, 0.25) is 0 Å². The van der Waals surface area contributed by atoms with E-state index in [1.807, 2.05) is 25.1 Å². The number of benzene rings is 3. The van der Waals surface area contributed by atoms with Crippen molar-refractivity contribution in [2.24, 2.45) is 0 Å². The highest BCUT2D eigenvalue weighted by molar-refractivity contribution is 5.86. The van der Waals surface area contributed by atoms with Crippen molar-refractivity contribution in [3.63, 3.8) is 0 Å². The molecule has 6 rings (SSSR count). The maximum Gasteiger partial charge on any atom is 0.306 e. The van der Waals surface area contributed by atoms with E-state index < -0.39 is 46.1 Å². The van der Waals surface area contributed by atoms with Crippen LogP contribution >= 0.6 is 0 Å². The third kappa shape index (κ3) is 5.38. The van der Waals surface area contributed by atoms with Crippen LogP contribution in [-0.4, -0.2) is 34.1 Å². The predicted molar refractivity (Wildman–Crippen MR) is 155 cm³/mol. The number of nitrogens with one attached hydrogen (secondary N) is 2. The van der Waals surface area contributed by atoms with Gasteiger partial charge in [-0.1, -0.05) is 18.2 Å². The third-order valence-corrected chi connectivity index (χ3v) is 8.11. The summed E-state index contributed by atoms with van der Waals surface area (Å²) in [6, 6.07) is 10.2. The molecule has 0 aliphatic carbocycles. The molecule has 0 fully saturated rings. The molecule has 2 N–H and O–H groups in total. The van der Waals surface area contributed by atoms with Gasteiger partial charge in [0.1, 0.15) is 23.1 Å². The van der Waals surface area contributed by atoms with Gasteiger partial charge in [0, 0.05) is 35.2 Å². The number of aryl methyl sites for hydroxylation is 1. The molecule has 45 heavy (non-hydrogen) atoms. The first-order chi connectivity index (χ1) is 21.6. The molecule has 12 heteroatoms. The maximum absolute atomic E-state index is 15.1. The number of carbonyl (C=O) groups excluding carboxylic acids is 1. The van der Waals surface area contributed by atoms with E-state index in [0.717, 1.165) is 23.3 Å². The van der Waals surface area contributed by atoms with Gasteiger partial charge in [-0.05, 0) is 56.5 Å². The Kier molecular flexibility index (Phi) is 7.98. The second kappa shape index (κ2) is 11.9. The first-order valence-corrected chi connectivity index (χ1v) is 14.3. The first kappa shape index (κ1) is 30.2. The lowest BCUT2D eigenvalue weighted by molar-refractivity contribution is -0.143. The lowest BCUT2D eigenvalue weighted by Gasteiger charge is -2.35. The molecule has 234 valence electrons. The van der Waals surface area contributed by atoms with Crippen molar-refractivity contribution in [1.29, 1.82) is 0 Å². The minimum absolute atomic E-state index is 0.0694. The molecule has 0 amide bonds. The Hall–Kier alpha value is -4.87. The summed E-state index contributed by atoms with van der Waals surface area (Å²) in [5.41, 5.74) is 0.328. The predicted octanol–water partition coefficient (Wildman–Crippen LogP) is 8.29. The van der Waals surface area contributed by atoms with Gasteiger partial charge in [-0.3, -0.25) is 4.79 Å². The number of hydrogen-bond donors (Lipinski definition) is 2. The smallest absolute Gasteiger partial charge is 0.306 e. The molecule has 1 aliphatic heterocycles. The zero-order valence-corrected chi connectivity index (χ0v) is 24.3. The number of carbonyl (C=O) groups is 1. The molecule has 5 aromatic rings. The Morgan fingerprint density at radius 1 is 1.11 bits per heavy atom. The standard InChI is InChI=1S/C33H28F5N3O4/c1-3-43-24(42)10-7-17-5-4-6-21-29(17)44-14-12-33(21,2)23-16-40-32(41-23)20-15-18(8-9-22(20)34)45-30-25(31(37)38)19-11-13-39-28(19)26(35)27(30)36/h4-6,8-9,11,13,15-16,31,39H,3,7,10,12,14H2,1-2H3,(H,40,41)/t33-/m0/s1. The number of H-pyrrole nitrogens is 2. The number of halogens is 5. The average Bonchev–Trinajstić information content (AvgIpc) is 3.71. The fraction of sp³-hybridized carbons (Fsp3) is 0.273. The fourth-order valence-corrected chi connectivity index (χ4v) is 5.77. The van der Waals surface area contributed by atoms with Gasteiger partial charge in [0.05, 0.1) is 35.6 Å². The van der Waals surface area contributed by atoms with Gasteiger partial charge in [-0.2, -0.15) is 4.39 Å². The van der Waals surface area contributed by atoms with Gasteiger partial charge in [-0.25, -0.2) is 22.5 Å². The van der Waals surface area contributed by atoms with E-state index in [2.05, 4.69) is 15.0 Å². The number of hydrogen-bond acceptors (Lipinski definition) is 5. The Labute approximate surface area is 254 Å². The molecule has 1 aliphatic rings. The zero-order valence-electron chi connectivity index (χ0n) is 24.3. The van der Waals surface area contributed by atoms with Crippen molar-refractivity contribution in [3.8, 4) is 28.6 Å². The van der Waals surface area contributed by atoms with Crippen LogP contribution < -0.4 is 9.47 Å². The summed E-state index contributed by atoms with van der Waals surface area (Å²) in [6.45, 7) is 4.41. The molecular weight excluding hydrogens is 597 g/mol. The Balaban J connectivity index is 1.33. The number of aromatic amines is 2. The van der Waals surface area contributed by atoms with Crippen molar-refractivity contribution < 1.29 is 41.0 Å². The molecule has 0 radical (unpaired) electrons. The minimum Gasteiger partial charge on any atom is -0.493 e. The summed E-state index contributed by atoms with van der Waals surface area (Å²) in [5.74, 6) is -4.40. The van der Waals surface area contributed by atoms with Gasteiger partial charge in [-0.15, -0.1) is 0 Å². The molecule has 0 bridgehead atoms.